The minimum Gasteiger partial charge on any atom is -0.489 e. The normalized spacial score (nSPS) is 10.4. The van der Waals surface area contributed by atoms with Crippen LogP contribution in [0.15, 0.2) is 46.9 Å². The summed E-state index contributed by atoms with van der Waals surface area (Å²) in [5, 5.41) is 3.45. The van der Waals surface area contributed by atoms with Crippen LogP contribution >= 0.6 is 28.3 Å². The van der Waals surface area contributed by atoms with Crippen LogP contribution < -0.4 is 10.1 Å². The van der Waals surface area contributed by atoms with E-state index in [-0.39, 0.29) is 12.4 Å². The van der Waals surface area contributed by atoms with E-state index in [1.165, 1.54) is 11.1 Å². The van der Waals surface area contributed by atoms with Crippen molar-refractivity contribution < 1.29 is 9.47 Å². The van der Waals surface area contributed by atoms with Gasteiger partial charge in [-0.2, -0.15) is 0 Å². The van der Waals surface area contributed by atoms with Crippen LogP contribution in [0.2, 0.25) is 0 Å². The second kappa shape index (κ2) is 12.3. The molecule has 0 fully saturated rings. The molecule has 5 heteroatoms. The molecule has 0 aliphatic carbocycles. The van der Waals surface area contributed by atoms with Gasteiger partial charge in [-0.3, -0.25) is 0 Å². The van der Waals surface area contributed by atoms with Crippen molar-refractivity contribution in [3.05, 3.63) is 63.6 Å². The minimum absolute atomic E-state index is 0. The van der Waals surface area contributed by atoms with Crippen LogP contribution in [0.4, 0.5) is 0 Å². The highest BCUT2D eigenvalue weighted by molar-refractivity contribution is 9.10. The molecule has 0 heterocycles. The number of halogens is 2. The number of ether oxygens (including phenoxy) is 2. The Bertz CT molecular complexity index is 620. The molecule has 0 aliphatic rings. The lowest BCUT2D eigenvalue weighted by Crippen LogP contribution is -2.17. The average Bonchev–Trinajstić information content (AvgIpc) is 2.58. The first-order valence-corrected chi connectivity index (χ1v) is 9.23. The zero-order valence-electron chi connectivity index (χ0n) is 14.9. The van der Waals surface area contributed by atoms with Crippen molar-refractivity contribution in [3.63, 3.8) is 0 Å². The summed E-state index contributed by atoms with van der Waals surface area (Å²) in [4.78, 5) is 0. The second-order valence-corrected chi connectivity index (χ2v) is 6.67. The zero-order chi connectivity index (χ0) is 17.2. The van der Waals surface area contributed by atoms with E-state index in [9.17, 15) is 0 Å². The van der Waals surface area contributed by atoms with E-state index in [4.69, 9.17) is 9.47 Å². The molecule has 0 aliphatic heterocycles. The average molecular weight is 429 g/mol. The number of nitrogens with one attached hydrogen (secondary N) is 1. The van der Waals surface area contributed by atoms with Crippen molar-refractivity contribution in [2.75, 3.05) is 19.8 Å². The summed E-state index contributed by atoms with van der Waals surface area (Å²) in [5.74, 6) is 0.927. The minimum atomic E-state index is 0. The van der Waals surface area contributed by atoms with Crippen molar-refractivity contribution in [1.29, 1.82) is 0 Å². The van der Waals surface area contributed by atoms with Crippen LogP contribution in [0.25, 0.3) is 0 Å². The lowest BCUT2D eigenvalue weighted by atomic mass is 10.1. The van der Waals surface area contributed by atoms with Gasteiger partial charge in [0.25, 0.3) is 0 Å². The zero-order valence-corrected chi connectivity index (χ0v) is 17.3. The monoisotopic (exact) mass is 427 g/mol. The van der Waals surface area contributed by atoms with Gasteiger partial charge in [-0.05, 0) is 50.6 Å². The SMILES string of the molecule is CCOCCCNCc1cc(Br)ccc1OCc1ccc(C)cc1.Cl. The summed E-state index contributed by atoms with van der Waals surface area (Å²) in [5.41, 5.74) is 3.60. The van der Waals surface area contributed by atoms with E-state index in [0.29, 0.717) is 6.61 Å². The smallest absolute Gasteiger partial charge is 0.124 e. The van der Waals surface area contributed by atoms with Crippen molar-refractivity contribution in [2.45, 2.75) is 33.4 Å². The van der Waals surface area contributed by atoms with E-state index >= 15 is 0 Å². The van der Waals surface area contributed by atoms with Gasteiger partial charge in [0.15, 0.2) is 0 Å². The molecule has 1 N–H and O–H groups in total. The highest BCUT2D eigenvalue weighted by Gasteiger charge is 2.05. The summed E-state index contributed by atoms with van der Waals surface area (Å²) < 4.78 is 12.4. The van der Waals surface area contributed by atoms with E-state index in [2.05, 4.69) is 58.5 Å². The summed E-state index contributed by atoms with van der Waals surface area (Å²) in [6, 6.07) is 14.6. The molecule has 0 spiro atoms. The van der Waals surface area contributed by atoms with E-state index in [1.807, 2.05) is 19.1 Å². The van der Waals surface area contributed by atoms with E-state index in [1.54, 1.807) is 0 Å². The molecule has 2 aromatic carbocycles. The molecule has 25 heavy (non-hydrogen) atoms. The summed E-state index contributed by atoms with van der Waals surface area (Å²) >= 11 is 3.54. The molecule has 0 saturated heterocycles. The van der Waals surface area contributed by atoms with Gasteiger partial charge in [0.1, 0.15) is 12.4 Å². The van der Waals surface area contributed by atoms with Gasteiger partial charge in [-0.15, -0.1) is 12.4 Å². The maximum Gasteiger partial charge on any atom is 0.124 e. The predicted octanol–water partition coefficient (Wildman–Crippen LogP) is 5.27. The number of hydrogen-bond acceptors (Lipinski definition) is 3. The fourth-order valence-electron chi connectivity index (χ4n) is 2.34. The van der Waals surface area contributed by atoms with Crippen LogP contribution in [0.3, 0.4) is 0 Å². The largest absolute Gasteiger partial charge is 0.489 e. The molecular formula is C20H27BrClNO2. The molecule has 138 valence electrons. The molecule has 0 radical (unpaired) electrons. The lowest BCUT2D eigenvalue weighted by molar-refractivity contribution is 0.144. The third-order valence-corrected chi connectivity index (χ3v) is 4.19. The van der Waals surface area contributed by atoms with Gasteiger partial charge in [0, 0.05) is 29.8 Å². The van der Waals surface area contributed by atoms with Crippen LogP contribution in [-0.2, 0) is 17.9 Å². The Balaban J connectivity index is 0.00000312. The Morgan fingerprint density at radius 3 is 2.56 bits per heavy atom. The van der Waals surface area contributed by atoms with Crippen LogP contribution in [-0.4, -0.2) is 19.8 Å². The third-order valence-electron chi connectivity index (χ3n) is 3.70. The maximum absolute atomic E-state index is 6.03. The fourth-order valence-corrected chi connectivity index (χ4v) is 2.75. The number of aryl methyl sites for hydroxylation is 1. The molecule has 0 bridgehead atoms. The van der Waals surface area contributed by atoms with Crippen molar-refractivity contribution >= 4 is 28.3 Å². The standard InChI is InChI=1S/C20H26BrNO2.ClH/c1-3-23-12-4-11-22-14-18-13-19(21)9-10-20(18)24-15-17-7-5-16(2)6-8-17;/h5-10,13,22H,3-4,11-12,14-15H2,1-2H3;1H. The first kappa shape index (κ1) is 22.0. The Labute approximate surface area is 165 Å². The highest BCUT2D eigenvalue weighted by Crippen LogP contribution is 2.24. The lowest BCUT2D eigenvalue weighted by Gasteiger charge is -2.13. The van der Waals surface area contributed by atoms with Crippen LogP contribution in [0, 0.1) is 6.92 Å². The predicted molar refractivity (Wildman–Crippen MR) is 110 cm³/mol. The Morgan fingerprint density at radius 1 is 1.08 bits per heavy atom. The van der Waals surface area contributed by atoms with Crippen molar-refractivity contribution in [2.24, 2.45) is 0 Å². The van der Waals surface area contributed by atoms with Crippen LogP contribution in [0.1, 0.15) is 30.0 Å². The first-order valence-electron chi connectivity index (χ1n) is 8.44. The number of rotatable bonds is 10. The molecule has 0 unspecified atom stereocenters. The van der Waals surface area contributed by atoms with Crippen molar-refractivity contribution in [3.8, 4) is 5.75 Å². The molecular weight excluding hydrogens is 402 g/mol. The van der Waals surface area contributed by atoms with E-state index in [0.717, 1.165) is 48.5 Å². The maximum atomic E-state index is 6.03. The number of hydrogen-bond donors (Lipinski definition) is 1. The quantitative estimate of drug-likeness (QED) is 0.523. The van der Waals surface area contributed by atoms with Crippen molar-refractivity contribution in [1.82, 2.24) is 5.32 Å². The van der Waals surface area contributed by atoms with Gasteiger partial charge < -0.3 is 14.8 Å². The van der Waals surface area contributed by atoms with Gasteiger partial charge in [-0.1, -0.05) is 45.8 Å². The molecule has 0 aromatic heterocycles. The molecule has 2 rings (SSSR count). The van der Waals surface area contributed by atoms with Gasteiger partial charge in [0.2, 0.25) is 0 Å². The second-order valence-electron chi connectivity index (χ2n) is 5.75. The molecule has 0 saturated carbocycles. The topological polar surface area (TPSA) is 30.5 Å². The summed E-state index contributed by atoms with van der Waals surface area (Å²) in [7, 11) is 0. The Morgan fingerprint density at radius 2 is 1.84 bits per heavy atom. The van der Waals surface area contributed by atoms with Gasteiger partial charge in [0.05, 0.1) is 0 Å². The Hall–Kier alpha value is -1.07. The van der Waals surface area contributed by atoms with E-state index < -0.39 is 0 Å². The number of benzene rings is 2. The highest BCUT2D eigenvalue weighted by atomic mass is 79.9. The molecule has 2 aromatic rings. The van der Waals surface area contributed by atoms with Gasteiger partial charge >= 0.3 is 0 Å². The third kappa shape index (κ3) is 8.23. The molecule has 3 nitrogen and oxygen atoms in total. The molecule has 0 atom stereocenters. The first-order chi connectivity index (χ1) is 11.7. The summed E-state index contributed by atoms with van der Waals surface area (Å²) in [6.07, 6.45) is 1.02. The Kier molecular flexibility index (Phi) is 10.8. The molecule has 0 amide bonds. The summed E-state index contributed by atoms with van der Waals surface area (Å²) in [6.45, 7) is 8.00. The van der Waals surface area contributed by atoms with Gasteiger partial charge in [-0.25, -0.2) is 0 Å². The van der Waals surface area contributed by atoms with Crippen LogP contribution in [0.5, 0.6) is 5.75 Å². The fraction of sp³-hybridized carbons (Fsp3) is 0.400.